The molecule has 1 N–H and O–H groups in total. The number of carbonyl (C=O) groups excluding carboxylic acids is 1. The van der Waals surface area contributed by atoms with Crippen LogP contribution >= 0.6 is 0 Å². The van der Waals surface area contributed by atoms with Crippen molar-refractivity contribution in [2.24, 2.45) is 0 Å². The van der Waals surface area contributed by atoms with Gasteiger partial charge in [0.05, 0.1) is 5.75 Å². The van der Waals surface area contributed by atoms with Gasteiger partial charge in [0, 0.05) is 42.8 Å². The molecule has 1 aromatic carbocycles. The number of anilines is 1. The van der Waals surface area contributed by atoms with Gasteiger partial charge in [-0.05, 0) is 63.6 Å². The predicted molar refractivity (Wildman–Crippen MR) is 129 cm³/mol. The summed E-state index contributed by atoms with van der Waals surface area (Å²) in [6, 6.07) is 8.44. The van der Waals surface area contributed by atoms with Gasteiger partial charge < -0.3 is 15.1 Å². The summed E-state index contributed by atoms with van der Waals surface area (Å²) in [5, 5.41) is 4.06. The Balaban J connectivity index is 2.01. The Hall–Kier alpha value is -1.86. The van der Waals surface area contributed by atoms with Crippen molar-refractivity contribution >= 4 is 21.6 Å². The third-order valence-corrected chi connectivity index (χ3v) is 7.50. The van der Waals surface area contributed by atoms with Crippen LogP contribution in [-0.4, -0.2) is 61.7 Å². The van der Waals surface area contributed by atoms with E-state index in [0.717, 1.165) is 42.6 Å². The second-order valence-electron chi connectivity index (χ2n) is 8.64. The first-order valence-electron chi connectivity index (χ1n) is 11.5. The number of piperidine rings is 1. The van der Waals surface area contributed by atoms with Crippen molar-refractivity contribution in [3.63, 3.8) is 0 Å². The van der Waals surface area contributed by atoms with E-state index in [1.54, 1.807) is 0 Å². The van der Waals surface area contributed by atoms with E-state index in [4.69, 9.17) is 0 Å². The summed E-state index contributed by atoms with van der Waals surface area (Å²) in [5.74, 6) is 0.0802. The number of aryl methyl sites for hydroxylation is 1. The lowest BCUT2D eigenvalue weighted by atomic mass is 10.00. The number of nitrogens with zero attached hydrogens (tertiary/aromatic N) is 2. The molecule has 0 aromatic heterocycles. The van der Waals surface area contributed by atoms with Crippen molar-refractivity contribution in [3.05, 3.63) is 41.8 Å². The molecule has 6 nitrogen and oxygen atoms in total. The molecule has 0 spiro atoms. The number of amides is 2. The average molecular weight is 450 g/mol. The molecule has 0 aliphatic carbocycles. The monoisotopic (exact) mass is 449 g/mol. The molecule has 1 saturated heterocycles. The lowest BCUT2D eigenvalue weighted by Gasteiger charge is -2.40. The molecule has 0 radical (unpaired) electrons. The number of carbonyl (C=O) groups is 1. The highest BCUT2D eigenvalue weighted by atomic mass is 32.2. The molecule has 2 amide bonds. The van der Waals surface area contributed by atoms with Crippen LogP contribution in [0.4, 0.5) is 10.5 Å². The van der Waals surface area contributed by atoms with Crippen LogP contribution < -0.4 is 5.32 Å². The van der Waals surface area contributed by atoms with Crippen molar-refractivity contribution in [1.82, 2.24) is 9.80 Å². The fourth-order valence-electron chi connectivity index (χ4n) is 4.28. The SMILES string of the molecule is C=CS(=O)(=O)CCCCN(C(=O)Nc1cccc(C)c1)C1CCN(C(C)CCC)CC1. The van der Waals surface area contributed by atoms with Gasteiger partial charge in [-0.25, -0.2) is 13.2 Å². The number of unbranched alkanes of at least 4 members (excludes halogenated alkanes) is 1. The fraction of sp³-hybridized carbons (Fsp3) is 0.625. The van der Waals surface area contributed by atoms with Crippen LogP contribution in [0.25, 0.3) is 0 Å². The van der Waals surface area contributed by atoms with Crippen molar-refractivity contribution in [2.45, 2.75) is 71.4 Å². The molecule has 1 heterocycles. The van der Waals surface area contributed by atoms with Gasteiger partial charge in [0.25, 0.3) is 0 Å². The molecule has 31 heavy (non-hydrogen) atoms. The van der Waals surface area contributed by atoms with Crippen LogP contribution in [-0.2, 0) is 9.84 Å². The molecule has 1 aromatic rings. The van der Waals surface area contributed by atoms with Crippen molar-refractivity contribution in [2.75, 3.05) is 30.7 Å². The highest BCUT2D eigenvalue weighted by Gasteiger charge is 2.29. The highest BCUT2D eigenvalue weighted by molar-refractivity contribution is 7.94. The van der Waals surface area contributed by atoms with E-state index in [1.165, 1.54) is 12.8 Å². The Morgan fingerprint density at radius 1 is 1.32 bits per heavy atom. The minimum atomic E-state index is -3.20. The summed E-state index contributed by atoms with van der Waals surface area (Å²) in [4.78, 5) is 17.6. The van der Waals surface area contributed by atoms with Crippen molar-refractivity contribution < 1.29 is 13.2 Å². The van der Waals surface area contributed by atoms with Crippen LogP contribution in [0, 0.1) is 6.92 Å². The minimum absolute atomic E-state index is 0.0802. The molecule has 1 unspecified atom stereocenters. The molecule has 2 rings (SSSR count). The predicted octanol–water partition coefficient (Wildman–Crippen LogP) is 4.82. The van der Waals surface area contributed by atoms with Crippen LogP contribution in [0.5, 0.6) is 0 Å². The van der Waals surface area contributed by atoms with E-state index >= 15 is 0 Å². The third kappa shape index (κ3) is 8.30. The second-order valence-corrected chi connectivity index (χ2v) is 10.7. The molecule has 1 aliphatic heterocycles. The largest absolute Gasteiger partial charge is 0.322 e. The number of hydrogen-bond donors (Lipinski definition) is 1. The third-order valence-electron chi connectivity index (χ3n) is 6.13. The maximum atomic E-state index is 13.2. The average Bonchev–Trinajstić information content (AvgIpc) is 2.74. The summed E-state index contributed by atoms with van der Waals surface area (Å²) in [5.41, 5.74) is 1.88. The van der Waals surface area contributed by atoms with E-state index in [9.17, 15) is 13.2 Å². The summed E-state index contributed by atoms with van der Waals surface area (Å²) in [6.45, 7) is 12.4. The topological polar surface area (TPSA) is 69.7 Å². The zero-order valence-corrected chi connectivity index (χ0v) is 20.2. The van der Waals surface area contributed by atoms with Crippen molar-refractivity contribution in [3.8, 4) is 0 Å². The lowest BCUT2D eigenvalue weighted by Crippen LogP contribution is -2.50. The molecule has 1 atom stereocenters. The minimum Gasteiger partial charge on any atom is -0.321 e. The number of hydrogen-bond acceptors (Lipinski definition) is 4. The maximum absolute atomic E-state index is 13.2. The van der Waals surface area contributed by atoms with Crippen LogP contribution in [0.3, 0.4) is 0 Å². The van der Waals surface area contributed by atoms with Gasteiger partial charge in [0.15, 0.2) is 9.84 Å². The highest BCUT2D eigenvalue weighted by Crippen LogP contribution is 2.22. The van der Waals surface area contributed by atoms with Gasteiger partial charge in [-0.1, -0.05) is 32.1 Å². The number of rotatable bonds is 11. The standard InChI is InChI=1S/C24H39N3O3S/c1-5-10-21(4)26-16-13-23(14-17-26)27(15-7-8-18-31(29,30)6-2)24(28)25-22-12-9-11-20(3)19-22/h6,9,11-12,19,21,23H,2,5,7-8,10,13-18H2,1,3-4H3,(H,25,28). The van der Waals surface area contributed by atoms with E-state index in [1.807, 2.05) is 36.1 Å². The number of sulfone groups is 1. The maximum Gasteiger partial charge on any atom is 0.322 e. The Labute approximate surface area is 188 Å². The Bertz CT molecular complexity index is 817. The molecule has 7 heteroatoms. The van der Waals surface area contributed by atoms with E-state index < -0.39 is 9.84 Å². The van der Waals surface area contributed by atoms with Gasteiger partial charge in [-0.15, -0.1) is 0 Å². The number of likely N-dealkylation sites (tertiary alicyclic amines) is 1. The van der Waals surface area contributed by atoms with Gasteiger partial charge in [0.1, 0.15) is 0 Å². The van der Waals surface area contributed by atoms with Crippen molar-refractivity contribution in [1.29, 1.82) is 0 Å². The van der Waals surface area contributed by atoms with Gasteiger partial charge >= 0.3 is 6.03 Å². The summed E-state index contributed by atoms with van der Waals surface area (Å²) in [7, 11) is -3.20. The van der Waals surface area contributed by atoms with E-state index in [2.05, 4.69) is 30.6 Å². The Kier molecular flexibility index (Phi) is 10.0. The quantitative estimate of drug-likeness (QED) is 0.492. The van der Waals surface area contributed by atoms with Gasteiger partial charge in [-0.2, -0.15) is 0 Å². The molecule has 1 fully saturated rings. The number of urea groups is 1. The zero-order chi connectivity index (χ0) is 22.9. The first-order chi connectivity index (χ1) is 14.8. The number of nitrogens with one attached hydrogen (secondary N) is 1. The lowest BCUT2D eigenvalue weighted by molar-refractivity contribution is 0.101. The van der Waals surface area contributed by atoms with E-state index in [0.29, 0.717) is 25.4 Å². The van der Waals surface area contributed by atoms with Crippen LogP contribution in [0.1, 0.15) is 57.9 Å². The van der Waals surface area contributed by atoms with Crippen LogP contribution in [0.15, 0.2) is 36.3 Å². The molecular weight excluding hydrogens is 410 g/mol. The smallest absolute Gasteiger partial charge is 0.321 e. The van der Waals surface area contributed by atoms with Crippen LogP contribution in [0.2, 0.25) is 0 Å². The van der Waals surface area contributed by atoms with Gasteiger partial charge in [-0.3, -0.25) is 0 Å². The van der Waals surface area contributed by atoms with Gasteiger partial charge in [0.2, 0.25) is 0 Å². The molecular formula is C24H39N3O3S. The molecule has 1 aliphatic rings. The summed E-state index contributed by atoms with van der Waals surface area (Å²) in [6.07, 6.45) is 5.44. The fourth-order valence-corrected chi connectivity index (χ4v) is 5.05. The molecule has 174 valence electrons. The molecule has 0 saturated carbocycles. The molecule has 0 bridgehead atoms. The first kappa shape index (κ1) is 25.4. The Morgan fingerprint density at radius 3 is 2.65 bits per heavy atom. The zero-order valence-electron chi connectivity index (χ0n) is 19.3. The number of benzene rings is 1. The second kappa shape index (κ2) is 12.2. The Morgan fingerprint density at radius 2 is 2.03 bits per heavy atom. The summed E-state index contributed by atoms with van der Waals surface area (Å²) < 4.78 is 23.4. The summed E-state index contributed by atoms with van der Waals surface area (Å²) >= 11 is 0. The van der Waals surface area contributed by atoms with E-state index in [-0.39, 0.29) is 17.8 Å². The first-order valence-corrected chi connectivity index (χ1v) is 13.2. The normalized spacial score (nSPS) is 16.6.